The molecular formula is C19H22N2O3S. The third-order valence-corrected chi connectivity index (χ3v) is 4.04. The summed E-state index contributed by atoms with van der Waals surface area (Å²) < 4.78 is 7.13. The van der Waals surface area contributed by atoms with Crippen molar-refractivity contribution in [2.45, 2.75) is 32.7 Å². The Morgan fingerprint density at radius 2 is 1.96 bits per heavy atom. The molecule has 0 saturated heterocycles. The van der Waals surface area contributed by atoms with Gasteiger partial charge < -0.3 is 9.30 Å². The average molecular weight is 358 g/mol. The van der Waals surface area contributed by atoms with Crippen molar-refractivity contribution in [3.05, 3.63) is 63.8 Å². The molecule has 0 aliphatic heterocycles. The smallest absolute Gasteiger partial charge is 0.333 e. The zero-order valence-corrected chi connectivity index (χ0v) is 15.1. The van der Waals surface area contributed by atoms with E-state index in [0.29, 0.717) is 23.4 Å². The second kappa shape index (κ2) is 9.13. The molecule has 0 aliphatic rings. The number of carbonyl (C=O) groups excluding carboxylic acids is 1. The van der Waals surface area contributed by atoms with E-state index in [-0.39, 0.29) is 11.7 Å². The van der Waals surface area contributed by atoms with Crippen molar-refractivity contribution in [2.75, 3.05) is 6.61 Å². The number of rotatable bonds is 8. The summed E-state index contributed by atoms with van der Waals surface area (Å²) in [7, 11) is 0. The van der Waals surface area contributed by atoms with Crippen molar-refractivity contribution in [3.63, 3.8) is 0 Å². The zero-order valence-electron chi connectivity index (χ0n) is 14.3. The molecule has 0 aliphatic carbocycles. The van der Waals surface area contributed by atoms with E-state index in [2.05, 4.69) is 11.6 Å². The van der Waals surface area contributed by atoms with Crippen LogP contribution in [0.3, 0.4) is 0 Å². The summed E-state index contributed by atoms with van der Waals surface area (Å²) in [5.41, 5.74) is 2.01. The maximum absolute atomic E-state index is 12.1. The van der Waals surface area contributed by atoms with Gasteiger partial charge in [0, 0.05) is 23.9 Å². The molecule has 1 heterocycles. The molecule has 0 saturated carbocycles. The maximum atomic E-state index is 12.1. The van der Waals surface area contributed by atoms with Gasteiger partial charge in [-0.2, -0.15) is 0 Å². The highest BCUT2D eigenvalue weighted by Crippen LogP contribution is 2.18. The number of aromatic amines is 1. The number of hydrogen-bond acceptors (Lipinski definition) is 4. The first kappa shape index (κ1) is 18.9. The Labute approximate surface area is 152 Å². The summed E-state index contributed by atoms with van der Waals surface area (Å²) in [5, 5.41) is 0. The fourth-order valence-corrected chi connectivity index (χ4v) is 2.61. The summed E-state index contributed by atoms with van der Waals surface area (Å²) in [6.07, 6.45) is 4.22. The van der Waals surface area contributed by atoms with Crippen LogP contribution in [-0.2, 0) is 16.1 Å². The van der Waals surface area contributed by atoms with Crippen LogP contribution < -0.4 is 5.69 Å². The first-order valence-corrected chi connectivity index (χ1v) is 8.61. The fourth-order valence-electron chi connectivity index (χ4n) is 2.35. The molecule has 2 aromatic rings. The number of esters is 1. The molecule has 6 heteroatoms. The number of nitrogens with zero attached hydrogens (tertiary/aromatic N) is 1. The number of benzene rings is 1. The molecule has 1 aromatic carbocycles. The highest BCUT2D eigenvalue weighted by Gasteiger charge is 2.05. The Bertz CT molecular complexity index is 853. The van der Waals surface area contributed by atoms with Crippen molar-refractivity contribution in [1.82, 2.24) is 9.55 Å². The largest absolute Gasteiger partial charge is 0.462 e. The standard InChI is InChI=1S/C19H22N2O3S/c1-14(2)18(22)24-12-8-4-7-11-21-13-16(17(25)20-19(21)23)15-9-5-3-6-10-15/h3,5-6,9-10,13H,1,4,7-8,11-12H2,2H3,(H,20,23,25). The molecule has 2 rings (SSSR count). The molecule has 0 amide bonds. The maximum Gasteiger partial charge on any atom is 0.333 e. The van der Waals surface area contributed by atoms with Gasteiger partial charge in [-0.3, -0.25) is 4.98 Å². The van der Waals surface area contributed by atoms with Crippen molar-refractivity contribution in [3.8, 4) is 11.1 Å². The van der Waals surface area contributed by atoms with Gasteiger partial charge in [0.1, 0.15) is 4.64 Å². The van der Waals surface area contributed by atoms with Crippen LogP contribution in [0.4, 0.5) is 0 Å². The zero-order chi connectivity index (χ0) is 18.2. The van der Waals surface area contributed by atoms with E-state index in [1.54, 1.807) is 17.7 Å². The number of hydrogen-bond donors (Lipinski definition) is 1. The SMILES string of the molecule is C=C(C)C(=O)OCCCCCn1cc(-c2ccccc2)c(=S)[nH]c1=O. The normalized spacial score (nSPS) is 10.4. The minimum atomic E-state index is -0.362. The number of aromatic nitrogens is 2. The van der Waals surface area contributed by atoms with Crippen molar-refractivity contribution < 1.29 is 9.53 Å². The van der Waals surface area contributed by atoms with Crippen LogP contribution in [0.5, 0.6) is 0 Å². The lowest BCUT2D eigenvalue weighted by molar-refractivity contribution is -0.139. The second-order valence-electron chi connectivity index (χ2n) is 5.84. The van der Waals surface area contributed by atoms with E-state index in [1.165, 1.54) is 0 Å². The molecule has 0 atom stereocenters. The molecule has 0 radical (unpaired) electrons. The molecule has 132 valence electrons. The van der Waals surface area contributed by atoms with E-state index in [1.807, 2.05) is 30.3 Å². The minimum absolute atomic E-state index is 0.210. The van der Waals surface area contributed by atoms with Crippen LogP contribution in [0, 0.1) is 4.64 Å². The van der Waals surface area contributed by atoms with E-state index >= 15 is 0 Å². The number of ether oxygens (including phenoxy) is 1. The van der Waals surface area contributed by atoms with Crippen LogP contribution >= 0.6 is 12.2 Å². The van der Waals surface area contributed by atoms with Gasteiger partial charge in [0.05, 0.1) is 6.61 Å². The van der Waals surface area contributed by atoms with Gasteiger partial charge in [-0.25, -0.2) is 9.59 Å². The fraction of sp³-hybridized carbons (Fsp3) is 0.316. The predicted octanol–water partition coefficient (Wildman–Crippen LogP) is 3.86. The van der Waals surface area contributed by atoms with Gasteiger partial charge in [-0.15, -0.1) is 0 Å². The quantitative estimate of drug-likeness (QED) is 0.337. The minimum Gasteiger partial charge on any atom is -0.462 e. The third-order valence-electron chi connectivity index (χ3n) is 3.72. The van der Waals surface area contributed by atoms with Crippen LogP contribution in [0.15, 0.2) is 53.5 Å². The molecule has 0 bridgehead atoms. The molecular weight excluding hydrogens is 336 g/mol. The Balaban J connectivity index is 1.92. The monoisotopic (exact) mass is 358 g/mol. The number of carbonyl (C=O) groups is 1. The number of aryl methyl sites for hydroxylation is 1. The van der Waals surface area contributed by atoms with Crippen LogP contribution in [0.1, 0.15) is 26.2 Å². The van der Waals surface area contributed by atoms with Crippen molar-refractivity contribution >= 4 is 18.2 Å². The van der Waals surface area contributed by atoms with Crippen molar-refractivity contribution in [2.24, 2.45) is 0 Å². The number of unbranched alkanes of at least 4 members (excludes halogenated alkanes) is 2. The highest BCUT2D eigenvalue weighted by molar-refractivity contribution is 7.71. The average Bonchev–Trinajstić information content (AvgIpc) is 2.60. The molecule has 5 nitrogen and oxygen atoms in total. The van der Waals surface area contributed by atoms with E-state index < -0.39 is 0 Å². The lowest BCUT2D eigenvalue weighted by Gasteiger charge is -2.09. The Hall–Kier alpha value is -2.47. The lowest BCUT2D eigenvalue weighted by Crippen LogP contribution is -2.23. The number of nitrogens with one attached hydrogen (secondary N) is 1. The Kier molecular flexibility index (Phi) is 6.89. The van der Waals surface area contributed by atoms with Gasteiger partial charge in [0.15, 0.2) is 0 Å². The molecule has 0 spiro atoms. The van der Waals surface area contributed by atoms with Crippen molar-refractivity contribution in [1.29, 1.82) is 0 Å². The third kappa shape index (κ3) is 5.53. The van der Waals surface area contributed by atoms with E-state index in [0.717, 1.165) is 30.4 Å². The van der Waals surface area contributed by atoms with Gasteiger partial charge in [0.25, 0.3) is 0 Å². The first-order valence-electron chi connectivity index (χ1n) is 8.21. The molecule has 1 N–H and O–H groups in total. The van der Waals surface area contributed by atoms with E-state index in [9.17, 15) is 9.59 Å². The molecule has 0 unspecified atom stereocenters. The Morgan fingerprint density at radius 1 is 1.24 bits per heavy atom. The van der Waals surface area contributed by atoms with Crippen LogP contribution in [-0.4, -0.2) is 22.1 Å². The van der Waals surface area contributed by atoms with Crippen LogP contribution in [0.25, 0.3) is 11.1 Å². The molecule has 1 aromatic heterocycles. The van der Waals surface area contributed by atoms with Crippen LogP contribution in [0.2, 0.25) is 0 Å². The summed E-state index contributed by atoms with van der Waals surface area (Å²) in [6.45, 7) is 6.11. The van der Waals surface area contributed by atoms with Gasteiger partial charge in [-0.05, 0) is 31.7 Å². The summed E-state index contributed by atoms with van der Waals surface area (Å²) in [5.74, 6) is -0.362. The van der Waals surface area contributed by atoms with E-state index in [4.69, 9.17) is 17.0 Å². The lowest BCUT2D eigenvalue weighted by atomic mass is 10.1. The summed E-state index contributed by atoms with van der Waals surface area (Å²) >= 11 is 5.27. The molecule has 0 fully saturated rings. The molecule has 25 heavy (non-hydrogen) atoms. The highest BCUT2D eigenvalue weighted by atomic mass is 32.1. The predicted molar refractivity (Wildman–Crippen MR) is 101 cm³/mol. The summed E-state index contributed by atoms with van der Waals surface area (Å²) in [6, 6.07) is 9.73. The first-order chi connectivity index (χ1) is 12.0. The van der Waals surface area contributed by atoms with Gasteiger partial charge in [0.2, 0.25) is 0 Å². The number of H-pyrrole nitrogens is 1. The van der Waals surface area contributed by atoms with Gasteiger partial charge in [-0.1, -0.05) is 49.1 Å². The van der Waals surface area contributed by atoms with Gasteiger partial charge >= 0.3 is 11.7 Å². The topological polar surface area (TPSA) is 64.1 Å². The summed E-state index contributed by atoms with van der Waals surface area (Å²) in [4.78, 5) is 26.1. The second-order valence-corrected chi connectivity index (χ2v) is 6.25. The Morgan fingerprint density at radius 3 is 2.64 bits per heavy atom.